The molecule has 3 aromatic carbocycles. The van der Waals surface area contributed by atoms with Crippen LogP contribution < -0.4 is 9.64 Å². The summed E-state index contributed by atoms with van der Waals surface area (Å²) in [6, 6.07) is 24.5. The SMILES string of the molecule is COc1ccc(S(=O)(=O)C2=CC(=O)N(c3ccccc3)C2(C)c2ccccc2)cc1. The molecule has 1 unspecified atom stereocenters. The molecule has 152 valence electrons. The molecule has 1 aliphatic heterocycles. The molecular weight excluding hydrogens is 398 g/mol. The fraction of sp³-hybridized carbons (Fsp3) is 0.125. The topological polar surface area (TPSA) is 63.7 Å². The highest BCUT2D eigenvalue weighted by Crippen LogP contribution is 2.47. The molecule has 1 amide bonds. The summed E-state index contributed by atoms with van der Waals surface area (Å²) in [5, 5.41) is 0. The van der Waals surface area contributed by atoms with Crippen LogP contribution in [-0.4, -0.2) is 21.4 Å². The average Bonchev–Trinajstić information content (AvgIpc) is 3.07. The fourth-order valence-corrected chi connectivity index (χ4v) is 5.60. The van der Waals surface area contributed by atoms with Crippen molar-refractivity contribution in [2.24, 2.45) is 0 Å². The summed E-state index contributed by atoms with van der Waals surface area (Å²) in [5.74, 6) is 0.182. The second-order valence-corrected chi connectivity index (χ2v) is 9.05. The molecule has 0 bridgehead atoms. The van der Waals surface area contributed by atoms with Gasteiger partial charge in [0, 0.05) is 11.8 Å². The molecule has 6 heteroatoms. The monoisotopic (exact) mass is 419 g/mol. The predicted octanol–water partition coefficient (Wildman–Crippen LogP) is 4.32. The average molecular weight is 420 g/mol. The zero-order valence-corrected chi connectivity index (χ0v) is 17.5. The number of benzene rings is 3. The molecule has 3 aromatic rings. The van der Waals surface area contributed by atoms with Gasteiger partial charge in [-0.1, -0.05) is 48.5 Å². The van der Waals surface area contributed by atoms with Crippen LogP contribution in [0.25, 0.3) is 0 Å². The minimum atomic E-state index is -3.95. The number of methoxy groups -OCH3 is 1. The van der Waals surface area contributed by atoms with Gasteiger partial charge in [0.2, 0.25) is 9.84 Å². The van der Waals surface area contributed by atoms with Crippen molar-refractivity contribution in [2.45, 2.75) is 17.4 Å². The number of nitrogens with zero attached hydrogens (tertiary/aromatic N) is 1. The van der Waals surface area contributed by atoms with Crippen LogP contribution in [-0.2, 0) is 20.2 Å². The van der Waals surface area contributed by atoms with Crippen molar-refractivity contribution in [1.29, 1.82) is 0 Å². The maximum atomic E-state index is 13.7. The Kier molecular flexibility index (Phi) is 4.95. The lowest BCUT2D eigenvalue weighted by Crippen LogP contribution is -2.45. The molecule has 4 rings (SSSR count). The summed E-state index contributed by atoms with van der Waals surface area (Å²) in [6.45, 7) is 1.77. The van der Waals surface area contributed by atoms with Gasteiger partial charge in [-0.05, 0) is 48.9 Å². The van der Waals surface area contributed by atoms with Crippen LogP contribution in [0, 0.1) is 0 Å². The number of rotatable bonds is 5. The molecule has 30 heavy (non-hydrogen) atoms. The van der Waals surface area contributed by atoms with Gasteiger partial charge in [-0.25, -0.2) is 8.42 Å². The molecule has 0 aliphatic carbocycles. The molecule has 0 fully saturated rings. The van der Waals surface area contributed by atoms with Gasteiger partial charge in [0.15, 0.2) is 0 Å². The van der Waals surface area contributed by atoms with Crippen LogP contribution in [0.15, 0.2) is 101 Å². The summed E-state index contributed by atoms with van der Waals surface area (Å²) < 4.78 is 32.5. The number of anilines is 1. The summed E-state index contributed by atoms with van der Waals surface area (Å²) in [7, 11) is -2.43. The van der Waals surface area contributed by atoms with E-state index in [1.165, 1.54) is 25.3 Å². The summed E-state index contributed by atoms with van der Waals surface area (Å²) in [4.78, 5) is 14.8. The molecule has 0 spiro atoms. The number of carbonyl (C=O) groups is 1. The first-order valence-corrected chi connectivity index (χ1v) is 10.9. The predicted molar refractivity (Wildman–Crippen MR) is 116 cm³/mol. The zero-order chi connectivity index (χ0) is 21.4. The third-order valence-electron chi connectivity index (χ3n) is 5.41. The lowest BCUT2D eigenvalue weighted by molar-refractivity contribution is -0.114. The molecule has 0 saturated heterocycles. The van der Waals surface area contributed by atoms with Crippen LogP contribution in [0.5, 0.6) is 5.75 Å². The van der Waals surface area contributed by atoms with E-state index in [1.54, 1.807) is 36.1 Å². The maximum Gasteiger partial charge on any atom is 0.253 e. The highest BCUT2D eigenvalue weighted by molar-refractivity contribution is 7.95. The largest absolute Gasteiger partial charge is 0.497 e. The van der Waals surface area contributed by atoms with Crippen LogP contribution in [0.4, 0.5) is 5.69 Å². The number of amides is 1. The minimum Gasteiger partial charge on any atom is -0.497 e. The van der Waals surface area contributed by atoms with Crippen molar-refractivity contribution in [1.82, 2.24) is 0 Å². The quantitative estimate of drug-likeness (QED) is 0.618. The van der Waals surface area contributed by atoms with Crippen LogP contribution >= 0.6 is 0 Å². The van der Waals surface area contributed by atoms with Gasteiger partial charge >= 0.3 is 0 Å². The minimum absolute atomic E-state index is 0.0419. The number of hydrogen-bond donors (Lipinski definition) is 0. The van der Waals surface area contributed by atoms with E-state index in [0.29, 0.717) is 17.0 Å². The molecular formula is C24H21NO4S. The highest BCUT2D eigenvalue weighted by atomic mass is 32.2. The number of sulfone groups is 1. The lowest BCUT2D eigenvalue weighted by Gasteiger charge is -2.38. The Morgan fingerprint density at radius 3 is 1.97 bits per heavy atom. The number of para-hydroxylation sites is 1. The van der Waals surface area contributed by atoms with Gasteiger partial charge < -0.3 is 4.74 Å². The lowest BCUT2D eigenvalue weighted by atomic mass is 9.91. The van der Waals surface area contributed by atoms with E-state index in [2.05, 4.69) is 0 Å². The van der Waals surface area contributed by atoms with Gasteiger partial charge in [0.25, 0.3) is 5.91 Å². The van der Waals surface area contributed by atoms with Crippen molar-refractivity contribution < 1.29 is 17.9 Å². The molecule has 1 atom stereocenters. The van der Waals surface area contributed by atoms with Gasteiger partial charge in [-0.3, -0.25) is 9.69 Å². The Bertz CT molecular complexity index is 1200. The molecule has 5 nitrogen and oxygen atoms in total. The van der Waals surface area contributed by atoms with Crippen molar-refractivity contribution in [3.05, 3.63) is 101 Å². The molecule has 0 N–H and O–H groups in total. The van der Waals surface area contributed by atoms with Crippen LogP contribution in [0.3, 0.4) is 0 Å². The summed E-state index contributed by atoms with van der Waals surface area (Å²) in [6.07, 6.45) is 1.24. The van der Waals surface area contributed by atoms with Crippen molar-refractivity contribution in [3.63, 3.8) is 0 Å². The second kappa shape index (κ2) is 7.46. The number of ether oxygens (including phenoxy) is 1. The van der Waals surface area contributed by atoms with Crippen LogP contribution in [0.1, 0.15) is 12.5 Å². The van der Waals surface area contributed by atoms with Crippen molar-refractivity contribution in [2.75, 3.05) is 12.0 Å². The van der Waals surface area contributed by atoms with E-state index < -0.39 is 15.4 Å². The van der Waals surface area contributed by atoms with E-state index in [0.717, 1.165) is 0 Å². The molecule has 1 heterocycles. The third kappa shape index (κ3) is 3.09. The second-order valence-electron chi connectivity index (χ2n) is 7.13. The fourth-order valence-electron chi connectivity index (χ4n) is 3.87. The van der Waals surface area contributed by atoms with E-state index >= 15 is 0 Å². The highest BCUT2D eigenvalue weighted by Gasteiger charge is 2.51. The molecule has 1 aliphatic rings. The Labute approximate surface area is 176 Å². The summed E-state index contributed by atoms with van der Waals surface area (Å²) >= 11 is 0. The molecule has 0 aromatic heterocycles. The Morgan fingerprint density at radius 2 is 1.40 bits per heavy atom. The first kappa shape index (κ1) is 19.9. The van der Waals surface area contributed by atoms with E-state index in [9.17, 15) is 13.2 Å². The number of carbonyl (C=O) groups excluding carboxylic acids is 1. The van der Waals surface area contributed by atoms with Gasteiger partial charge in [-0.2, -0.15) is 0 Å². The van der Waals surface area contributed by atoms with E-state index in [4.69, 9.17) is 4.74 Å². The molecule has 0 radical (unpaired) electrons. The van der Waals surface area contributed by atoms with Gasteiger partial charge in [0.05, 0.1) is 16.9 Å². The van der Waals surface area contributed by atoms with Crippen molar-refractivity contribution in [3.8, 4) is 5.75 Å². The van der Waals surface area contributed by atoms with Gasteiger partial charge in [0.1, 0.15) is 11.3 Å². The standard InChI is InChI=1S/C24H21NO4S/c1-24(18-9-5-3-6-10-18)22(17-23(26)25(24)19-11-7-4-8-12-19)30(27,28)21-15-13-20(29-2)14-16-21/h3-17H,1-2H3. The Balaban J connectivity index is 1.92. The zero-order valence-electron chi connectivity index (χ0n) is 16.6. The normalized spacial score (nSPS) is 18.9. The van der Waals surface area contributed by atoms with E-state index in [-0.39, 0.29) is 15.7 Å². The van der Waals surface area contributed by atoms with Gasteiger partial charge in [-0.15, -0.1) is 0 Å². The maximum absolute atomic E-state index is 13.7. The van der Waals surface area contributed by atoms with E-state index in [1.807, 2.05) is 48.5 Å². The Hall–Kier alpha value is -3.38. The smallest absolute Gasteiger partial charge is 0.253 e. The summed E-state index contributed by atoms with van der Waals surface area (Å²) in [5.41, 5.74) is 0.145. The first-order chi connectivity index (χ1) is 14.4. The Morgan fingerprint density at radius 1 is 0.833 bits per heavy atom. The number of hydrogen-bond acceptors (Lipinski definition) is 4. The van der Waals surface area contributed by atoms with Crippen LogP contribution in [0.2, 0.25) is 0 Å². The third-order valence-corrected chi connectivity index (χ3v) is 7.40. The van der Waals surface area contributed by atoms with Crippen molar-refractivity contribution >= 4 is 21.4 Å². The first-order valence-electron chi connectivity index (χ1n) is 9.45. The molecule has 0 saturated carbocycles.